The molecule has 14 rings (SSSR count). The smallest absolute Gasteiger partial charge is 0.142 e. The molecule has 11 aromatic rings. The van der Waals surface area contributed by atoms with Crippen molar-refractivity contribution >= 4 is 61.3 Å². The van der Waals surface area contributed by atoms with Crippen LogP contribution in [0.25, 0.3) is 60.6 Å². The van der Waals surface area contributed by atoms with Gasteiger partial charge in [-0.3, -0.25) is 5.32 Å². The summed E-state index contributed by atoms with van der Waals surface area (Å²) in [5, 5.41) is 12.3. The molecule has 9 aromatic carbocycles. The quantitative estimate of drug-likeness (QED) is 0.185. The molecule has 0 saturated heterocycles. The minimum absolute atomic E-state index is 0.258. The molecule has 6 heteroatoms. The Balaban J connectivity index is 0.929. The molecule has 2 N–H and O–H groups in total. The molecule has 3 aliphatic rings. The summed E-state index contributed by atoms with van der Waals surface area (Å²) in [6.07, 6.45) is -0.579. The minimum Gasteiger partial charge on any atom is -0.456 e. The van der Waals surface area contributed by atoms with Crippen molar-refractivity contribution in [1.82, 2.24) is 15.2 Å². The van der Waals surface area contributed by atoms with Gasteiger partial charge in [-0.2, -0.15) is 0 Å². The molecule has 2 atom stereocenters. The van der Waals surface area contributed by atoms with E-state index in [1.165, 1.54) is 65.0 Å². The molecular weight excluding hydrogens is 801 g/mol. The van der Waals surface area contributed by atoms with Gasteiger partial charge >= 0.3 is 0 Å². The van der Waals surface area contributed by atoms with Gasteiger partial charge in [-0.25, -0.2) is 4.99 Å². The average Bonchev–Trinajstić information content (AvgIpc) is 4.00. The first-order valence-corrected chi connectivity index (χ1v) is 22.7. The van der Waals surface area contributed by atoms with Crippen molar-refractivity contribution < 1.29 is 4.42 Å². The highest BCUT2D eigenvalue weighted by molar-refractivity contribution is 7.99. The van der Waals surface area contributed by atoms with Crippen LogP contribution in [-0.4, -0.2) is 10.4 Å². The molecular formula is C58H38N4OS. The lowest BCUT2D eigenvalue weighted by Crippen LogP contribution is -2.45. The van der Waals surface area contributed by atoms with Crippen molar-refractivity contribution in [1.29, 1.82) is 0 Å². The first kappa shape index (κ1) is 35.9. The molecule has 4 heterocycles. The van der Waals surface area contributed by atoms with Crippen LogP contribution < -0.4 is 10.6 Å². The van der Waals surface area contributed by atoms with E-state index in [1.54, 1.807) is 0 Å². The lowest BCUT2D eigenvalue weighted by molar-refractivity contribution is 0.408. The van der Waals surface area contributed by atoms with Gasteiger partial charge in [0.15, 0.2) is 0 Å². The summed E-state index contributed by atoms with van der Waals surface area (Å²) in [5.74, 6) is 0.835. The fourth-order valence-electron chi connectivity index (χ4n) is 11.0. The largest absolute Gasteiger partial charge is 0.456 e. The maximum atomic E-state index is 6.54. The topological polar surface area (TPSA) is 54.5 Å². The molecule has 0 saturated carbocycles. The molecule has 0 radical (unpaired) electrons. The summed E-state index contributed by atoms with van der Waals surface area (Å²) < 4.78 is 9.00. The highest BCUT2D eigenvalue weighted by atomic mass is 32.2. The van der Waals surface area contributed by atoms with E-state index in [0.29, 0.717) is 0 Å². The standard InChI is InChI=1S/C58H38N4OS/c1-2-15-35(16-3-1)55-59-56(61-57(60-55)42-21-14-20-41-40-19-6-11-26-51(40)63-54(41)42)36-29-31-37(32-30-36)62-49-25-10-5-18-39(49)44-33-43-38-17-4-7-22-45(38)58(48(43)34-50(44)62)46-23-8-12-27-52(46)64-53-28-13-9-24-47(53)58/h1-34,56-57,61H,(H,59,60). The molecule has 0 amide bonds. The van der Waals surface area contributed by atoms with Crippen LogP contribution >= 0.6 is 11.8 Å². The Labute approximate surface area is 373 Å². The second-order valence-corrected chi connectivity index (χ2v) is 18.1. The summed E-state index contributed by atoms with van der Waals surface area (Å²) in [6.45, 7) is 0. The molecule has 1 spiro atoms. The number of furan rings is 1. The Kier molecular flexibility index (Phi) is 7.67. The number of fused-ring (bicyclic) bond motifs is 15. The number of rotatable bonds is 4. The van der Waals surface area contributed by atoms with Gasteiger partial charge in [0.05, 0.1) is 16.4 Å². The van der Waals surface area contributed by atoms with Crippen molar-refractivity contribution in [3.8, 4) is 16.8 Å². The van der Waals surface area contributed by atoms with Gasteiger partial charge in [0.1, 0.15) is 29.3 Å². The van der Waals surface area contributed by atoms with Gasteiger partial charge in [-0.05, 0) is 87.5 Å². The second-order valence-electron chi connectivity index (χ2n) is 17.1. The third-order valence-corrected chi connectivity index (χ3v) is 14.9. The van der Waals surface area contributed by atoms with Crippen LogP contribution in [0.2, 0.25) is 0 Å². The third kappa shape index (κ3) is 5.03. The zero-order chi connectivity index (χ0) is 41.9. The zero-order valence-corrected chi connectivity index (χ0v) is 35.3. The number of para-hydroxylation sites is 3. The van der Waals surface area contributed by atoms with E-state index in [4.69, 9.17) is 9.41 Å². The first-order chi connectivity index (χ1) is 31.7. The summed E-state index contributed by atoms with van der Waals surface area (Å²) in [4.78, 5) is 7.93. The van der Waals surface area contributed by atoms with Crippen LogP contribution in [0, 0.1) is 0 Å². The SMILES string of the molecule is c1ccc(C2=NC(c3ccc(-n4c5ccccc5c5cc6c(cc54)C4(c5ccccc5Sc5ccccc54)c4ccccc4-6)cc3)NC(c3cccc4c3oc3ccccc34)N2)cc1. The Bertz CT molecular complexity index is 3690. The molecule has 1 aliphatic carbocycles. The van der Waals surface area contributed by atoms with Crippen LogP contribution in [0.3, 0.4) is 0 Å². The first-order valence-electron chi connectivity index (χ1n) is 21.9. The van der Waals surface area contributed by atoms with Crippen LogP contribution in [0.4, 0.5) is 0 Å². The predicted molar refractivity (Wildman–Crippen MR) is 261 cm³/mol. The van der Waals surface area contributed by atoms with Crippen LogP contribution in [0.1, 0.15) is 51.3 Å². The third-order valence-electron chi connectivity index (χ3n) is 13.8. The van der Waals surface area contributed by atoms with Gasteiger partial charge in [0.25, 0.3) is 0 Å². The highest BCUT2D eigenvalue weighted by Crippen LogP contribution is 2.62. The van der Waals surface area contributed by atoms with Crippen LogP contribution in [0.5, 0.6) is 0 Å². The molecule has 0 fully saturated rings. The number of nitrogens with one attached hydrogen (secondary N) is 2. The number of benzene rings is 9. The Morgan fingerprint density at radius 3 is 2.00 bits per heavy atom. The van der Waals surface area contributed by atoms with E-state index in [9.17, 15) is 0 Å². The lowest BCUT2D eigenvalue weighted by Gasteiger charge is -2.39. The van der Waals surface area contributed by atoms with E-state index >= 15 is 0 Å². The van der Waals surface area contributed by atoms with Crippen molar-refractivity contribution in [2.24, 2.45) is 4.99 Å². The summed E-state index contributed by atoms with van der Waals surface area (Å²) in [5.41, 5.74) is 15.9. The minimum atomic E-state index is -0.456. The maximum absolute atomic E-state index is 6.54. The van der Waals surface area contributed by atoms with Crippen molar-refractivity contribution in [3.05, 3.63) is 245 Å². The molecule has 302 valence electrons. The molecule has 2 unspecified atom stereocenters. The van der Waals surface area contributed by atoms with E-state index in [2.05, 4.69) is 203 Å². The number of hydrogen-bond acceptors (Lipinski definition) is 5. The number of amidine groups is 1. The molecule has 64 heavy (non-hydrogen) atoms. The fourth-order valence-corrected chi connectivity index (χ4v) is 12.2. The molecule has 5 nitrogen and oxygen atoms in total. The highest BCUT2D eigenvalue weighted by Gasteiger charge is 2.50. The van der Waals surface area contributed by atoms with Crippen molar-refractivity contribution in [3.63, 3.8) is 0 Å². The molecule has 0 bridgehead atoms. The van der Waals surface area contributed by atoms with E-state index in [-0.39, 0.29) is 12.3 Å². The van der Waals surface area contributed by atoms with Gasteiger partial charge in [0.2, 0.25) is 0 Å². The zero-order valence-electron chi connectivity index (χ0n) is 34.5. The monoisotopic (exact) mass is 838 g/mol. The number of hydrogen-bond donors (Lipinski definition) is 2. The van der Waals surface area contributed by atoms with Crippen molar-refractivity contribution in [2.75, 3.05) is 0 Å². The van der Waals surface area contributed by atoms with Gasteiger partial charge in [-0.15, -0.1) is 0 Å². The summed E-state index contributed by atoms with van der Waals surface area (Å²) in [6, 6.07) is 75.0. The van der Waals surface area contributed by atoms with E-state index < -0.39 is 5.41 Å². The fraction of sp³-hybridized carbons (Fsp3) is 0.0517. The van der Waals surface area contributed by atoms with Gasteiger partial charge in [-0.1, -0.05) is 169 Å². The van der Waals surface area contributed by atoms with Crippen molar-refractivity contribution in [2.45, 2.75) is 27.5 Å². The Morgan fingerprint density at radius 2 is 1.19 bits per heavy atom. The predicted octanol–water partition coefficient (Wildman–Crippen LogP) is 13.8. The number of aromatic nitrogens is 1. The lowest BCUT2D eigenvalue weighted by atomic mass is 9.67. The van der Waals surface area contributed by atoms with Gasteiger partial charge in [0, 0.05) is 48.2 Å². The summed E-state index contributed by atoms with van der Waals surface area (Å²) in [7, 11) is 0. The Hall–Kier alpha value is -7.64. The van der Waals surface area contributed by atoms with E-state index in [1.807, 2.05) is 30.0 Å². The second kappa shape index (κ2) is 13.7. The average molecular weight is 839 g/mol. The summed E-state index contributed by atoms with van der Waals surface area (Å²) >= 11 is 1.88. The normalized spacial score (nSPS) is 17.0. The number of nitrogens with zero attached hydrogens (tertiary/aromatic N) is 2. The number of aliphatic imine (C=N–C) groups is 1. The molecule has 2 aromatic heterocycles. The van der Waals surface area contributed by atoms with E-state index in [0.717, 1.165) is 50.2 Å². The maximum Gasteiger partial charge on any atom is 0.142 e. The van der Waals surface area contributed by atoms with Gasteiger partial charge < -0.3 is 14.3 Å². The van der Waals surface area contributed by atoms with Crippen LogP contribution in [0.15, 0.2) is 225 Å². The van der Waals surface area contributed by atoms with Crippen LogP contribution in [-0.2, 0) is 5.41 Å². The Morgan fingerprint density at radius 1 is 0.516 bits per heavy atom. The molecule has 2 aliphatic heterocycles.